The Morgan fingerprint density at radius 3 is 2.40 bits per heavy atom. The number of nitrogens with zero attached hydrogens (tertiary/aromatic N) is 1. The van der Waals surface area contributed by atoms with E-state index in [1.807, 2.05) is 0 Å². The molecule has 1 amide bonds. The molecule has 2 N–H and O–H groups in total. The molecular formula is C14H31Cl2N3O. The number of nitrogens with one attached hydrogen (secondary N) is 2. The second-order valence-corrected chi connectivity index (χ2v) is 5.99. The number of halogens is 2. The first-order valence-corrected chi connectivity index (χ1v) is 7.18. The van der Waals surface area contributed by atoms with E-state index >= 15 is 0 Å². The van der Waals surface area contributed by atoms with E-state index in [0.717, 1.165) is 32.4 Å². The molecule has 0 aromatic carbocycles. The van der Waals surface area contributed by atoms with E-state index < -0.39 is 0 Å². The SMILES string of the molecule is CC(C)CC(CNC(=O)C1CCCCN1)N(C)C.Cl.Cl. The third-order valence-corrected chi connectivity index (χ3v) is 3.61. The Morgan fingerprint density at radius 2 is 1.95 bits per heavy atom. The molecule has 0 aromatic heterocycles. The van der Waals surface area contributed by atoms with Crippen molar-refractivity contribution in [2.75, 3.05) is 27.2 Å². The van der Waals surface area contributed by atoms with Crippen LogP contribution in [0.5, 0.6) is 0 Å². The van der Waals surface area contributed by atoms with Crippen LogP contribution in [0.1, 0.15) is 39.5 Å². The summed E-state index contributed by atoms with van der Waals surface area (Å²) in [6.07, 6.45) is 4.44. The summed E-state index contributed by atoms with van der Waals surface area (Å²) < 4.78 is 0. The van der Waals surface area contributed by atoms with Gasteiger partial charge in [0.1, 0.15) is 0 Å². The lowest BCUT2D eigenvalue weighted by Crippen LogP contribution is -2.50. The van der Waals surface area contributed by atoms with Gasteiger partial charge in [-0.2, -0.15) is 0 Å². The summed E-state index contributed by atoms with van der Waals surface area (Å²) in [5, 5.41) is 6.38. The molecule has 1 saturated heterocycles. The minimum absolute atomic E-state index is 0. The molecule has 2 atom stereocenters. The Morgan fingerprint density at radius 1 is 1.30 bits per heavy atom. The van der Waals surface area contributed by atoms with Crippen molar-refractivity contribution in [1.29, 1.82) is 0 Å². The van der Waals surface area contributed by atoms with E-state index in [1.165, 1.54) is 6.42 Å². The van der Waals surface area contributed by atoms with Crippen LogP contribution in [0.3, 0.4) is 0 Å². The van der Waals surface area contributed by atoms with Gasteiger partial charge < -0.3 is 15.5 Å². The van der Waals surface area contributed by atoms with Crippen LogP contribution in [0.2, 0.25) is 0 Å². The van der Waals surface area contributed by atoms with E-state index in [0.29, 0.717) is 12.0 Å². The first kappa shape index (κ1) is 22.3. The number of likely N-dealkylation sites (N-methyl/N-ethyl adjacent to an activating group) is 1. The lowest BCUT2D eigenvalue weighted by atomic mass is 10.0. The summed E-state index contributed by atoms with van der Waals surface area (Å²) in [6, 6.07) is 0.457. The second-order valence-electron chi connectivity index (χ2n) is 5.99. The molecule has 0 spiro atoms. The molecule has 0 aliphatic carbocycles. The largest absolute Gasteiger partial charge is 0.353 e. The monoisotopic (exact) mass is 327 g/mol. The number of piperidine rings is 1. The van der Waals surface area contributed by atoms with Crippen molar-refractivity contribution < 1.29 is 4.79 Å². The Balaban J connectivity index is 0. The maximum atomic E-state index is 12.0. The Kier molecular flexibility index (Phi) is 12.9. The van der Waals surface area contributed by atoms with Gasteiger partial charge in [-0.05, 0) is 45.8 Å². The van der Waals surface area contributed by atoms with Gasteiger partial charge in [-0.25, -0.2) is 0 Å². The first-order chi connectivity index (χ1) is 8.50. The van der Waals surface area contributed by atoms with Crippen molar-refractivity contribution >= 4 is 30.7 Å². The molecule has 1 heterocycles. The summed E-state index contributed by atoms with van der Waals surface area (Å²) in [4.78, 5) is 14.2. The minimum Gasteiger partial charge on any atom is -0.353 e. The summed E-state index contributed by atoms with van der Waals surface area (Å²) in [7, 11) is 4.16. The number of carbonyl (C=O) groups is 1. The first-order valence-electron chi connectivity index (χ1n) is 7.18. The van der Waals surface area contributed by atoms with Crippen LogP contribution >= 0.6 is 24.8 Å². The van der Waals surface area contributed by atoms with Gasteiger partial charge in [-0.1, -0.05) is 20.3 Å². The van der Waals surface area contributed by atoms with E-state index in [2.05, 4.69) is 43.5 Å². The molecule has 6 heteroatoms. The highest BCUT2D eigenvalue weighted by molar-refractivity contribution is 5.85. The Hall–Kier alpha value is -0.0300. The fraction of sp³-hybridized carbons (Fsp3) is 0.929. The normalized spacial score (nSPS) is 20.0. The maximum Gasteiger partial charge on any atom is 0.237 e. The van der Waals surface area contributed by atoms with Gasteiger partial charge in [0.2, 0.25) is 5.91 Å². The van der Waals surface area contributed by atoms with Crippen LogP contribution in [-0.2, 0) is 4.79 Å². The Labute approximate surface area is 136 Å². The zero-order chi connectivity index (χ0) is 13.5. The summed E-state index contributed by atoms with van der Waals surface area (Å²) in [6.45, 7) is 6.17. The zero-order valence-electron chi connectivity index (χ0n) is 13.1. The average Bonchev–Trinajstić information content (AvgIpc) is 2.34. The lowest BCUT2D eigenvalue weighted by molar-refractivity contribution is -0.123. The van der Waals surface area contributed by atoms with E-state index in [9.17, 15) is 4.79 Å². The van der Waals surface area contributed by atoms with Gasteiger partial charge in [0.05, 0.1) is 6.04 Å². The van der Waals surface area contributed by atoms with Crippen LogP contribution in [0.25, 0.3) is 0 Å². The summed E-state index contributed by atoms with van der Waals surface area (Å²) >= 11 is 0. The van der Waals surface area contributed by atoms with Crippen molar-refractivity contribution in [2.24, 2.45) is 5.92 Å². The molecule has 20 heavy (non-hydrogen) atoms. The highest BCUT2D eigenvalue weighted by Crippen LogP contribution is 2.09. The molecule has 0 aromatic rings. The van der Waals surface area contributed by atoms with Crippen LogP contribution in [0.15, 0.2) is 0 Å². The van der Waals surface area contributed by atoms with Crippen LogP contribution in [0.4, 0.5) is 0 Å². The fourth-order valence-electron chi connectivity index (χ4n) is 2.44. The van der Waals surface area contributed by atoms with E-state index in [4.69, 9.17) is 0 Å². The van der Waals surface area contributed by atoms with Gasteiger partial charge in [0.25, 0.3) is 0 Å². The molecular weight excluding hydrogens is 297 g/mol. The van der Waals surface area contributed by atoms with Crippen molar-refractivity contribution in [3.63, 3.8) is 0 Å². The van der Waals surface area contributed by atoms with Crippen molar-refractivity contribution in [2.45, 2.75) is 51.6 Å². The predicted octanol–water partition coefficient (Wildman–Crippen LogP) is 2.06. The quantitative estimate of drug-likeness (QED) is 0.784. The van der Waals surface area contributed by atoms with Gasteiger partial charge >= 0.3 is 0 Å². The minimum atomic E-state index is 0. The van der Waals surface area contributed by atoms with Crippen molar-refractivity contribution in [1.82, 2.24) is 15.5 Å². The van der Waals surface area contributed by atoms with Gasteiger partial charge in [0, 0.05) is 12.6 Å². The van der Waals surface area contributed by atoms with Crippen LogP contribution < -0.4 is 10.6 Å². The van der Waals surface area contributed by atoms with Crippen molar-refractivity contribution in [3.05, 3.63) is 0 Å². The molecule has 1 rings (SSSR count). The zero-order valence-corrected chi connectivity index (χ0v) is 14.8. The van der Waals surface area contributed by atoms with Gasteiger partial charge in [-0.15, -0.1) is 24.8 Å². The fourth-order valence-corrected chi connectivity index (χ4v) is 2.44. The molecule has 0 radical (unpaired) electrons. The number of carbonyl (C=O) groups excluding carboxylic acids is 1. The molecule has 2 unspecified atom stereocenters. The summed E-state index contributed by atoms with van der Waals surface area (Å²) in [5.41, 5.74) is 0. The third kappa shape index (κ3) is 8.30. The van der Waals surface area contributed by atoms with Crippen LogP contribution in [-0.4, -0.2) is 50.1 Å². The van der Waals surface area contributed by atoms with Gasteiger partial charge in [0.15, 0.2) is 0 Å². The topological polar surface area (TPSA) is 44.4 Å². The predicted molar refractivity (Wildman–Crippen MR) is 90.1 cm³/mol. The van der Waals surface area contributed by atoms with E-state index in [1.54, 1.807) is 0 Å². The second kappa shape index (κ2) is 11.6. The molecule has 1 aliphatic heterocycles. The standard InChI is InChI=1S/C14H29N3O.2ClH/c1-11(2)9-12(17(3)4)10-16-14(18)13-7-5-6-8-15-13;;/h11-13,15H,5-10H2,1-4H3,(H,16,18);2*1H. The third-order valence-electron chi connectivity index (χ3n) is 3.61. The number of hydrogen-bond acceptors (Lipinski definition) is 3. The smallest absolute Gasteiger partial charge is 0.237 e. The molecule has 4 nitrogen and oxygen atoms in total. The number of amides is 1. The highest BCUT2D eigenvalue weighted by atomic mass is 35.5. The molecule has 0 saturated carbocycles. The van der Waals surface area contributed by atoms with Gasteiger partial charge in [-0.3, -0.25) is 4.79 Å². The highest BCUT2D eigenvalue weighted by Gasteiger charge is 2.21. The lowest BCUT2D eigenvalue weighted by Gasteiger charge is -2.28. The molecule has 1 aliphatic rings. The molecule has 122 valence electrons. The van der Waals surface area contributed by atoms with Crippen LogP contribution in [0, 0.1) is 5.92 Å². The van der Waals surface area contributed by atoms with E-state index in [-0.39, 0.29) is 36.8 Å². The number of rotatable bonds is 6. The average molecular weight is 328 g/mol. The number of hydrogen-bond donors (Lipinski definition) is 2. The maximum absolute atomic E-state index is 12.0. The van der Waals surface area contributed by atoms with Crippen molar-refractivity contribution in [3.8, 4) is 0 Å². The summed E-state index contributed by atoms with van der Waals surface area (Å²) in [5.74, 6) is 0.826. The molecule has 0 bridgehead atoms. The Bertz CT molecular complexity index is 257. The molecule has 1 fully saturated rings.